The van der Waals surface area contributed by atoms with Crippen LogP contribution in [-0.4, -0.2) is 0 Å². The Kier molecular flexibility index (Phi) is 8.70. The van der Waals surface area contributed by atoms with Crippen LogP contribution in [0.4, 0.5) is 5.69 Å². The number of hydrogen-bond acceptors (Lipinski definition) is 1. The minimum Gasteiger partial charge on any atom is -0.312 e. The monoisotopic (exact) mass is 531 g/mol. The maximum atomic E-state index is 2.83. The molecule has 0 amide bonds. The number of hydrogen-bond donors (Lipinski definition) is 0. The molecule has 0 unspecified atom stereocenters. The third-order valence-electron chi connectivity index (χ3n) is 6.63. The Morgan fingerprint density at radius 3 is 1.24 bits per heavy atom. The highest BCUT2D eigenvalue weighted by atomic mass is 31.2. The molecular weight excluding hydrogens is 496 g/mol. The second kappa shape index (κ2) is 12.5. The van der Waals surface area contributed by atoms with Crippen molar-refractivity contribution in [1.82, 2.24) is 0 Å². The van der Waals surface area contributed by atoms with Gasteiger partial charge in [-0.2, -0.15) is 0 Å². The van der Waals surface area contributed by atoms with Crippen LogP contribution in [0.2, 0.25) is 0 Å². The first-order valence-electron chi connectivity index (χ1n) is 13.4. The topological polar surface area (TPSA) is 3.24 Å². The van der Waals surface area contributed by atoms with Crippen LogP contribution in [0.15, 0.2) is 133 Å². The van der Waals surface area contributed by atoms with Crippen molar-refractivity contribution in [1.29, 1.82) is 0 Å². The lowest BCUT2D eigenvalue weighted by atomic mass is 10.0. The van der Waals surface area contributed by atoms with Gasteiger partial charge in [-0.25, -0.2) is 0 Å². The van der Waals surface area contributed by atoms with E-state index in [0.29, 0.717) is 0 Å². The highest BCUT2D eigenvalue weighted by Crippen LogP contribution is 2.58. The second-order valence-electron chi connectivity index (χ2n) is 9.59. The fraction of sp³-hybridized carbons (Fsp3) is 0.143. The average molecular weight is 532 g/mol. The van der Waals surface area contributed by atoms with E-state index < -0.39 is 16.1 Å². The largest absolute Gasteiger partial charge is 0.312 e. The summed E-state index contributed by atoms with van der Waals surface area (Å²) in [6.45, 7) is 6.83. The lowest BCUT2D eigenvalue weighted by Gasteiger charge is -2.42. The molecule has 0 aromatic heterocycles. The molecule has 0 heterocycles. The van der Waals surface area contributed by atoms with Crippen molar-refractivity contribution in [2.45, 2.75) is 33.6 Å². The summed E-state index contributed by atoms with van der Waals surface area (Å²) in [6, 6.07) is 49.4. The normalized spacial score (nSPS) is 11.2. The Morgan fingerprint density at radius 1 is 0.526 bits per heavy atom. The molecule has 3 heteroatoms. The fourth-order valence-corrected chi connectivity index (χ4v) is 11.3. The first-order valence-corrected chi connectivity index (χ1v) is 16.0. The molecule has 5 rings (SSSR count). The standard InChI is InChI=1S/C35H35NP2/c1-4-17-30-27-28(2)26-29(3)35(30)36(37(31-18-9-5-10-19-31)32-20-11-6-12-21-32)38(33-22-13-7-14-23-33)34-24-15-8-16-25-34/h5-16,18-27H,4,17H2,1-3H3. The van der Waals surface area contributed by atoms with Gasteiger partial charge in [0.15, 0.2) is 0 Å². The molecule has 0 aliphatic rings. The zero-order valence-electron chi connectivity index (χ0n) is 22.5. The maximum Gasteiger partial charge on any atom is 0.0590 e. The summed E-state index contributed by atoms with van der Waals surface area (Å²) >= 11 is 0. The van der Waals surface area contributed by atoms with Crippen LogP contribution in [0.1, 0.15) is 30.0 Å². The minimum absolute atomic E-state index is 0.868. The van der Waals surface area contributed by atoms with Crippen LogP contribution in [0.5, 0.6) is 0 Å². The first-order chi connectivity index (χ1) is 18.7. The second-order valence-corrected chi connectivity index (χ2v) is 14.0. The SMILES string of the molecule is CCCc1cc(C)cc(C)c1N(P(c1ccccc1)c1ccccc1)P(c1ccccc1)c1ccccc1. The Labute approximate surface area is 230 Å². The predicted molar refractivity (Wildman–Crippen MR) is 171 cm³/mol. The number of rotatable bonds is 9. The number of anilines is 1. The van der Waals surface area contributed by atoms with E-state index in [0.717, 1.165) is 12.8 Å². The van der Waals surface area contributed by atoms with E-state index >= 15 is 0 Å². The molecule has 0 saturated heterocycles. The molecule has 38 heavy (non-hydrogen) atoms. The quantitative estimate of drug-likeness (QED) is 0.174. The third kappa shape index (κ3) is 5.76. The van der Waals surface area contributed by atoms with Gasteiger partial charge in [-0.3, -0.25) is 0 Å². The predicted octanol–water partition coefficient (Wildman–Crippen LogP) is 8.16. The molecule has 0 atom stereocenters. The van der Waals surface area contributed by atoms with E-state index in [4.69, 9.17) is 0 Å². The van der Waals surface area contributed by atoms with Gasteiger partial charge in [0, 0.05) is 21.2 Å². The molecule has 0 fully saturated rings. The van der Waals surface area contributed by atoms with Crippen molar-refractivity contribution in [3.8, 4) is 0 Å². The van der Waals surface area contributed by atoms with E-state index in [1.54, 1.807) is 0 Å². The highest BCUT2D eigenvalue weighted by Gasteiger charge is 2.34. The molecule has 5 aromatic carbocycles. The summed E-state index contributed by atoms with van der Waals surface area (Å²) in [7, 11) is -1.74. The van der Waals surface area contributed by atoms with Gasteiger partial charge in [-0.15, -0.1) is 0 Å². The van der Waals surface area contributed by atoms with E-state index in [9.17, 15) is 0 Å². The molecule has 1 nitrogen and oxygen atoms in total. The molecule has 0 radical (unpaired) electrons. The Bertz CT molecular complexity index is 1280. The number of nitrogens with zero attached hydrogens (tertiary/aromatic N) is 1. The first kappa shape index (κ1) is 26.4. The van der Waals surface area contributed by atoms with Crippen LogP contribution in [0.25, 0.3) is 0 Å². The van der Waals surface area contributed by atoms with Gasteiger partial charge in [0.2, 0.25) is 0 Å². The van der Waals surface area contributed by atoms with E-state index in [-0.39, 0.29) is 0 Å². The lowest BCUT2D eigenvalue weighted by molar-refractivity contribution is 0.919. The van der Waals surface area contributed by atoms with Crippen LogP contribution < -0.4 is 25.7 Å². The average Bonchev–Trinajstić information content (AvgIpc) is 2.95. The Morgan fingerprint density at radius 2 is 0.895 bits per heavy atom. The van der Waals surface area contributed by atoms with Gasteiger partial charge in [0.1, 0.15) is 0 Å². The molecule has 0 spiro atoms. The highest BCUT2D eigenvalue weighted by molar-refractivity contribution is 7.90. The van der Waals surface area contributed by atoms with Crippen molar-refractivity contribution in [3.63, 3.8) is 0 Å². The molecule has 0 aliphatic carbocycles. The summed E-state index contributed by atoms with van der Waals surface area (Å²) < 4.78 is 2.83. The van der Waals surface area contributed by atoms with Crippen molar-refractivity contribution < 1.29 is 0 Å². The number of benzene rings is 5. The van der Waals surface area contributed by atoms with Gasteiger partial charge < -0.3 is 4.44 Å². The molecular formula is C35H35NP2. The van der Waals surface area contributed by atoms with Gasteiger partial charge in [-0.05, 0) is 31.4 Å². The molecule has 5 aromatic rings. The van der Waals surface area contributed by atoms with Crippen LogP contribution in [0, 0.1) is 13.8 Å². The van der Waals surface area contributed by atoms with Crippen molar-refractivity contribution in [2.24, 2.45) is 0 Å². The van der Waals surface area contributed by atoms with Gasteiger partial charge in [0.05, 0.1) is 21.8 Å². The van der Waals surface area contributed by atoms with Crippen molar-refractivity contribution >= 4 is 43.1 Å². The Balaban J connectivity index is 1.88. The molecule has 0 saturated carbocycles. The zero-order chi connectivity index (χ0) is 26.3. The van der Waals surface area contributed by atoms with Crippen molar-refractivity contribution in [2.75, 3.05) is 4.44 Å². The molecule has 0 bridgehead atoms. The van der Waals surface area contributed by atoms with Crippen LogP contribution in [-0.2, 0) is 6.42 Å². The summed E-state index contributed by atoms with van der Waals surface area (Å²) in [5, 5.41) is 5.48. The summed E-state index contributed by atoms with van der Waals surface area (Å²) in [6.07, 6.45) is 2.18. The van der Waals surface area contributed by atoms with Gasteiger partial charge >= 0.3 is 0 Å². The molecule has 0 aliphatic heterocycles. The number of aryl methyl sites for hydroxylation is 3. The molecule has 190 valence electrons. The fourth-order valence-electron chi connectivity index (χ4n) is 5.10. The van der Waals surface area contributed by atoms with Gasteiger partial charge in [0.25, 0.3) is 0 Å². The van der Waals surface area contributed by atoms with E-state index in [1.165, 1.54) is 43.6 Å². The van der Waals surface area contributed by atoms with Crippen molar-refractivity contribution in [3.05, 3.63) is 150 Å². The zero-order valence-corrected chi connectivity index (χ0v) is 24.2. The third-order valence-corrected chi connectivity index (χ3v) is 12.0. The van der Waals surface area contributed by atoms with Gasteiger partial charge in [-0.1, -0.05) is 152 Å². The minimum atomic E-state index is -0.868. The maximum absolute atomic E-state index is 2.83. The molecule has 0 N–H and O–H groups in total. The lowest BCUT2D eigenvalue weighted by Crippen LogP contribution is -2.32. The smallest absolute Gasteiger partial charge is 0.0590 e. The summed E-state index contributed by atoms with van der Waals surface area (Å²) in [5.74, 6) is 0. The van der Waals surface area contributed by atoms with E-state index in [2.05, 4.69) is 159 Å². The van der Waals surface area contributed by atoms with Crippen LogP contribution in [0.3, 0.4) is 0 Å². The van der Waals surface area contributed by atoms with Crippen LogP contribution >= 0.6 is 16.1 Å². The Hall–Kier alpha value is -3.24. The summed E-state index contributed by atoms with van der Waals surface area (Å²) in [5.41, 5.74) is 5.54. The van der Waals surface area contributed by atoms with E-state index in [1.807, 2.05) is 0 Å². The summed E-state index contributed by atoms with van der Waals surface area (Å²) in [4.78, 5) is 0.